The molecule has 0 unspecified atom stereocenters. The molecule has 0 saturated heterocycles. The topological polar surface area (TPSA) is 24.9 Å². The van der Waals surface area contributed by atoms with Crippen LogP contribution in [0.25, 0.3) is 0 Å². The summed E-state index contributed by atoms with van der Waals surface area (Å²) in [7, 11) is 7.23. The van der Waals surface area contributed by atoms with Gasteiger partial charge in [0, 0.05) is 18.9 Å². The number of anilines is 1. The molecule has 2 radical (unpaired) electrons. The first-order valence-corrected chi connectivity index (χ1v) is 3.72. The van der Waals surface area contributed by atoms with Crippen molar-refractivity contribution in [2.24, 2.45) is 0 Å². The second-order valence-electron chi connectivity index (χ2n) is 1.72. The SMILES string of the molecule is CC.[B]c1cc(NC)ccn1. The molecule has 1 rings (SSSR count). The van der Waals surface area contributed by atoms with Gasteiger partial charge in [-0.25, -0.2) is 0 Å². The molecule has 0 saturated carbocycles. The Morgan fingerprint density at radius 3 is 2.45 bits per heavy atom. The van der Waals surface area contributed by atoms with Crippen LogP contribution in [0, 0.1) is 0 Å². The molecule has 1 heterocycles. The maximum Gasteiger partial charge on any atom is 0.141 e. The van der Waals surface area contributed by atoms with Gasteiger partial charge in [0.25, 0.3) is 0 Å². The van der Waals surface area contributed by atoms with E-state index < -0.39 is 0 Å². The lowest BCUT2D eigenvalue weighted by atomic mass is 10.0. The van der Waals surface area contributed by atoms with Crippen molar-refractivity contribution in [3.05, 3.63) is 18.3 Å². The van der Waals surface area contributed by atoms with Gasteiger partial charge in [-0.15, -0.1) is 0 Å². The Bertz CT molecular complexity index is 201. The molecule has 0 spiro atoms. The van der Waals surface area contributed by atoms with Crippen LogP contribution >= 0.6 is 0 Å². The summed E-state index contributed by atoms with van der Waals surface area (Å²) in [6.45, 7) is 4.00. The van der Waals surface area contributed by atoms with Crippen molar-refractivity contribution < 1.29 is 0 Å². The first kappa shape index (κ1) is 10.0. The van der Waals surface area contributed by atoms with Crippen molar-refractivity contribution in [2.45, 2.75) is 13.8 Å². The molecule has 2 nitrogen and oxygen atoms in total. The third-order valence-corrected chi connectivity index (χ3v) is 1.07. The van der Waals surface area contributed by atoms with Crippen molar-refractivity contribution in [2.75, 3.05) is 12.4 Å². The Balaban J connectivity index is 0.000000461. The van der Waals surface area contributed by atoms with Crippen LogP contribution < -0.4 is 10.9 Å². The van der Waals surface area contributed by atoms with Gasteiger partial charge in [-0.05, 0) is 17.7 Å². The molecule has 0 amide bonds. The van der Waals surface area contributed by atoms with Crippen molar-refractivity contribution in [1.82, 2.24) is 4.98 Å². The smallest absolute Gasteiger partial charge is 0.141 e. The summed E-state index contributed by atoms with van der Waals surface area (Å²) in [6.07, 6.45) is 1.67. The molecule has 3 heteroatoms. The van der Waals surface area contributed by atoms with E-state index in [0.717, 1.165) is 5.69 Å². The monoisotopic (exact) mass is 148 g/mol. The summed E-state index contributed by atoms with van der Waals surface area (Å²) in [5.41, 5.74) is 1.53. The first-order chi connectivity index (χ1) is 5.33. The molecule has 1 aromatic rings. The van der Waals surface area contributed by atoms with E-state index in [-0.39, 0.29) is 0 Å². The highest BCUT2D eigenvalue weighted by atomic mass is 14.8. The maximum atomic E-state index is 5.38. The van der Waals surface area contributed by atoms with Crippen LogP contribution in [0.3, 0.4) is 0 Å². The summed E-state index contributed by atoms with van der Waals surface area (Å²) < 4.78 is 0. The molecule has 0 aliphatic carbocycles. The molecule has 0 fully saturated rings. The molecule has 1 aromatic heterocycles. The molecule has 58 valence electrons. The summed E-state index contributed by atoms with van der Waals surface area (Å²) >= 11 is 0. The highest BCUT2D eigenvalue weighted by Crippen LogP contribution is 1.97. The van der Waals surface area contributed by atoms with E-state index in [4.69, 9.17) is 7.85 Å². The predicted molar refractivity (Wildman–Crippen MR) is 50.5 cm³/mol. The second-order valence-corrected chi connectivity index (χ2v) is 1.72. The molecule has 0 bridgehead atoms. The van der Waals surface area contributed by atoms with E-state index in [0.29, 0.717) is 5.59 Å². The Labute approximate surface area is 69.5 Å². The number of nitrogens with one attached hydrogen (secondary N) is 1. The van der Waals surface area contributed by atoms with Crippen LogP contribution in [0.5, 0.6) is 0 Å². The zero-order valence-electron chi connectivity index (χ0n) is 7.26. The summed E-state index contributed by atoms with van der Waals surface area (Å²) in [6, 6.07) is 3.64. The molecular formula is C8H13BN2. The van der Waals surface area contributed by atoms with E-state index in [1.807, 2.05) is 27.0 Å². The zero-order valence-corrected chi connectivity index (χ0v) is 7.26. The van der Waals surface area contributed by atoms with Gasteiger partial charge < -0.3 is 5.32 Å². The minimum Gasteiger partial charge on any atom is -0.388 e. The Hall–Kier alpha value is -0.985. The lowest BCUT2D eigenvalue weighted by molar-refractivity contribution is 1.37. The third kappa shape index (κ3) is 3.66. The van der Waals surface area contributed by atoms with Crippen molar-refractivity contribution >= 4 is 19.1 Å². The van der Waals surface area contributed by atoms with E-state index in [1.165, 1.54) is 0 Å². The fraction of sp³-hybridized carbons (Fsp3) is 0.375. The first-order valence-electron chi connectivity index (χ1n) is 3.72. The van der Waals surface area contributed by atoms with Crippen LogP contribution in [0.15, 0.2) is 18.3 Å². The van der Waals surface area contributed by atoms with Crippen LogP contribution in [0.4, 0.5) is 5.69 Å². The van der Waals surface area contributed by atoms with Gasteiger partial charge in [-0.3, -0.25) is 4.98 Å². The van der Waals surface area contributed by atoms with Crippen LogP contribution in [0.2, 0.25) is 0 Å². The van der Waals surface area contributed by atoms with Crippen molar-refractivity contribution in [3.63, 3.8) is 0 Å². The largest absolute Gasteiger partial charge is 0.388 e. The van der Waals surface area contributed by atoms with Gasteiger partial charge in [0.05, 0.1) is 0 Å². The van der Waals surface area contributed by atoms with Gasteiger partial charge in [0.2, 0.25) is 0 Å². The average molecular weight is 148 g/mol. The highest BCUT2D eigenvalue weighted by molar-refractivity contribution is 6.30. The van der Waals surface area contributed by atoms with Crippen LogP contribution in [0.1, 0.15) is 13.8 Å². The number of rotatable bonds is 1. The molecule has 11 heavy (non-hydrogen) atoms. The van der Waals surface area contributed by atoms with Gasteiger partial charge in [-0.2, -0.15) is 0 Å². The lowest BCUT2D eigenvalue weighted by Gasteiger charge is -1.97. The van der Waals surface area contributed by atoms with E-state index in [9.17, 15) is 0 Å². The highest BCUT2D eigenvalue weighted by Gasteiger charge is 1.85. The lowest BCUT2D eigenvalue weighted by Crippen LogP contribution is -2.07. The van der Waals surface area contributed by atoms with Crippen molar-refractivity contribution in [3.8, 4) is 0 Å². The van der Waals surface area contributed by atoms with Crippen molar-refractivity contribution in [1.29, 1.82) is 0 Å². The minimum atomic E-state index is 0.543. The Morgan fingerprint density at radius 1 is 1.45 bits per heavy atom. The molecule has 0 aliphatic rings. The second kappa shape index (κ2) is 5.77. The van der Waals surface area contributed by atoms with Crippen LogP contribution in [-0.2, 0) is 0 Å². The third-order valence-electron chi connectivity index (χ3n) is 1.07. The predicted octanol–water partition coefficient (Wildman–Crippen LogP) is 0.943. The number of hydrogen-bond acceptors (Lipinski definition) is 2. The van der Waals surface area contributed by atoms with Gasteiger partial charge in [0.1, 0.15) is 7.85 Å². The van der Waals surface area contributed by atoms with Gasteiger partial charge >= 0.3 is 0 Å². The minimum absolute atomic E-state index is 0.543. The van der Waals surface area contributed by atoms with E-state index >= 15 is 0 Å². The zero-order chi connectivity index (χ0) is 8.69. The fourth-order valence-electron chi connectivity index (χ4n) is 0.604. The summed E-state index contributed by atoms with van der Waals surface area (Å²) in [4.78, 5) is 3.83. The van der Waals surface area contributed by atoms with Crippen LogP contribution in [-0.4, -0.2) is 19.9 Å². The number of aromatic nitrogens is 1. The number of nitrogens with zero attached hydrogens (tertiary/aromatic N) is 1. The van der Waals surface area contributed by atoms with Gasteiger partial charge in [0.15, 0.2) is 0 Å². The fourth-order valence-corrected chi connectivity index (χ4v) is 0.604. The number of hydrogen-bond donors (Lipinski definition) is 1. The Kier molecular flexibility index (Phi) is 5.26. The standard InChI is InChI=1S/C6H7BN2.C2H6/c1-8-5-2-3-9-6(7)4-5;1-2/h2-4H,1H3,(H,8,9);1-2H3. The maximum absolute atomic E-state index is 5.38. The number of pyridine rings is 1. The summed E-state index contributed by atoms with van der Waals surface area (Å²) in [5.74, 6) is 0. The van der Waals surface area contributed by atoms with Gasteiger partial charge in [-0.1, -0.05) is 13.8 Å². The molecule has 0 aliphatic heterocycles. The van der Waals surface area contributed by atoms with E-state index in [2.05, 4.69) is 10.3 Å². The normalized spacial score (nSPS) is 7.91. The summed E-state index contributed by atoms with van der Waals surface area (Å²) in [5, 5.41) is 2.95. The molecule has 1 N–H and O–H groups in total. The Morgan fingerprint density at radius 2 is 2.09 bits per heavy atom. The quantitative estimate of drug-likeness (QED) is 0.599. The molecule has 0 aromatic carbocycles. The van der Waals surface area contributed by atoms with E-state index in [1.54, 1.807) is 12.3 Å². The molecular weight excluding hydrogens is 135 g/mol. The average Bonchev–Trinajstić information content (AvgIpc) is 2.08. The molecule has 0 atom stereocenters.